The number of nitrogens with one attached hydrogen (secondary N) is 1. The van der Waals surface area contributed by atoms with Gasteiger partial charge in [0.15, 0.2) is 17.2 Å². The first-order valence-corrected chi connectivity index (χ1v) is 10.6. The maximum absolute atomic E-state index is 11.9. The molecule has 162 valence electrons. The topological polar surface area (TPSA) is 63.3 Å². The molecule has 0 radical (unpaired) electrons. The number of nitrogens with zero attached hydrogens (tertiary/aromatic N) is 2. The zero-order chi connectivity index (χ0) is 21.6. The number of hydrazine groups is 1. The van der Waals surface area contributed by atoms with Crippen molar-refractivity contribution in [3.05, 3.63) is 59.7 Å². The fourth-order valence-corrected chi connectivity index (χ4v) is 4.80. The molecule has 0 unspecified atom stereocenters. The lowest BCUT2D eigenvalue weighted by molar-refractivity contribution is -0.165. The normalized spacial score (nSPS) is 21.5. The number of carbonyl (C=O) groups is 1. The van der Waals surface area contributed by atoms with Crippen LogP contribution in [0.4, 0.5) is 0 Å². The van der Waals surface area contributed by atoms with E-state index < -0.39 is 5.72 Å². The minimum atomic E-state index is -0.514. The number of benzene rings is 2. The van der Waals surface area contributed by atoms with E-state index in [1.165, 1.54) is 0 Å². The lowest BCUT2D eigenvalue weighted by Crippen LogP contribution is -2.63. The molecule has 1 N–H and O–H groups in total. The van der Waals surface area contributed by atoms with E-state index in [0.717, 1.165) is 35.4 Å². The number of ether oxygens (including phenoxy) is 3. The van der Waals surface area contributed by atoms with E-state index in [2.05, 4.69) is 22.6 Å². The average Bonchev–Trinajstić information content (AvgIpc) is 3.26. The minimum absolute atomic E-state index is 0.0388. The predicted molar refractivity (Wildman–Crippen MR) is 117 cm³/mol. The van der Waals surface area contributed by atoms with Gasteiger partial charge in [0.2, 0.25) is 5.91 Å². The van der Waals surface area contributed by atoms with Crippen molar-refractivity contribution >= 4 is 11.6 Å². The van der Waals surface area contributed by atoms with E-state index in [4.69, 9.17) is 14.2 Å². The molecule has 5 rings (SSSR count). The first-order valence-electron chi connectivity index (χ1n) is 10.6. The number of para-hydroxylation sites is 1. The van der Waals surface area contributed by atoms with Crippen molar-refractivity contribution in [1.29, 1.82) is 0 Å². The van der Waals surface area contributed by atoms with E-state index in [1.807, 2.05) is 41.3 Å². The average molecular weight is 421 g/mol. The molecule has 3 aliphatic rings. The third kappa shape index (κ3) is 3.20. The Kier molecular flexibility index (Phi) is 4.78. The van der Waals surface area contributed by atoms with Gasteiger partial charge in [-0.25, -0.2) is 0 Å². The molecule has 3 aliphatic heterocycles. The van der Waals surface area contributed by atoms with E-state index in [1.54, 1.807) is 21.1 Å². The summed E-state index contributed by atoms with van der Waals surface area (Å²) in [5.41, 5.74) is 6.24. The van der Waals surface area contributed by atoms with Gasteiger partial charge in [-0.3, -0.25) is 4.79 Å². The van der Waals surface area contributed by atoms with Crippen LogP contribution in [0.5, 0.6) is 17.2 Å². The smallest absolute Gasteiger partial charge is 0.219 e. The highest BCUT2D eigenvalue weighted by Gasteiger charge is 2.51. The van der Waals surface area contributed by atoms with Crippen LogP contribution >= 0.6 is 0 Å². The molecule has 0 aliphatic carbocycles. The van der Waals surface area contributed by atoms with Gasteiger partial charge in [-0.1, -0.05) is 18.2 Å². The molecule has 1 saturated heterocycles. The number of rotatable bonds is 3. The summed E-state index contributed by atoms with van der Waals surface area (Å²) in [4.78, 5) is 13.8. The molecule has 31 heavy (non-hydrogen) atoms. The van der Waals surface area contributed by atoms with Crippen LogP contribution < -0.4 is 19.6 Å². The number of likely N-dealkylation sites (tertiary alicyclic amines) is 1. The molecule has 0 saturated carbocycles. The van der Waals surface area contributed by atoms with Crippen LogP contribution in [-0.4, -0.2) is 48.9 Å². The van der Waals surface area contributed by atoms with Crippen LogP contribution in [0.25, 0.3) is 5.70 Å². The SMILES string of the molecule is COc1ccc(C2=C[C@@H]3c4ccccc4OC4(CCN(C(C)=O)CC4)N3N2)cc1OC. The van der Waals surface area contributed by atoms with Crippen LogP contribution in [-0.2, 0) is 4.79 Å². The number of hydrogen-bond acceptors (Lipinski definition) is 6. The van der Waals surface area contributed by atoms with E-state index >= 15 is 0 Å². The van der Waals surface area contributed by atoms with Crippen LogP contribution in [0.15, 0.2) is 48.5 Å². The van der Waals surface area contributed by atoms with Gasteiger partial charge in [0.05, 0.1) is 26.0 Å². The van der Waals surface area contributed by atoms with Gasteiger partial charge >= 0.3 is 0 Å². The largest absolute Gasteiger partial charge is 0.493 e. The molecular formula is C24H27N3O4. The van der Waals surface area contributed by atoms with Crippen LogP contribution in [0.1, 0.15) is 36.9 Å². The van der Waals surface area contributed by atoms with E-state index in [0.29, 0.717) is 24.6 Å². The highest BCUT2D eigenvalue weighted by molar-refractivity contribution is 5.73. The molecule has 0 bridgehead atoms. The van der Waals surface area contributed by atoms with Gasteiger partial charge in [0.1, 0.15) is 5.75 Å². The number of amides is 1. The number of carbonyl (C=O) groups excluding carboxylic acids is 1. The zero-order valence-corrected chi connectivity index (χ0v) is 18.1. The van der Waals surface area contributed by atoms with Gasteiger partial charge < -0.3 is 24.5 Å². The highest BCUT2D eigenvalue weighted by Crippen LogP contribution is 2.48. The minimum Gasteiger partial charge on any atom is -0.493 e. The summed E-state index contributed by atoms with van der Waals surface area (Å²) < 4.78 is 17.5. The van der Waals surface area contributed by atoms with Crippen molar-refractivity contribution in [2.45, 2.75) is 31.5 Å². The molecule has 1 fully saturated rings. The van der Waals surface area contributed by atoms with Crippen molar-refractivity contribution in [2.75, 3.05) is 27.3 Å². The molecule has 3 heterocycles. The van der Waals surface area contributed by atoms with Gasteiger partial charge in [0.25, 0.3) is 0 Å². The van der Waals surface area contributed by atoms with Gasteiger partial charge in [-0.15, -0.1) is 0 Å². The molecule has 1 atom stereocenters. The summed E-state index contributed by atoms with van der Waals surface area (Å²) in [6.07, 6.45) is 3.70. The molecule has 7 heteroatoms. The Morgan fingerprint density at radius 1 is 1.10 bits per heavy atom. The Labute approximate surface area is 182 Å². The number of fused-ring (bicyclic) bond motifs is 4. The van der Waals surface area contributed by atoms with Crippen LogP contribution in [0, 0.1) is 0 Å². The first kappa shape index (κ1) is 19.8. The quantitative estimate of drug-likeness (QED) is 0.820. The fourth-order valence-electron chi connectivity index (χ4n) is 4.80. The van der Waals surface area contributed by atoms with Gasteiger partial charge in [-0.2, -0.15) is 5.01 Å². The molecule has 1 amide bonds. The summed E-state index contributed by atoms with van der Waals surface area (Å²) in [6.45, 7) is 2.98. The Balaban J connectivity index is 1.52. The third-order valence-electron chi connectivity index (χ3n) is 6.50. The Morgan fingerprint density at radius 3 is 2.55 bits per heavy atom. The summed E-state index contributed by atoms with van der Waals surface area (Å²) in [7, 11) is 3.28. The van der Waals surface area contributed by atoms with Crippen LogP contribution in [0.2, 0.25) is 0 Å². The van der Waals surface area contributed by atoms with E-state index in [-0.39, 0.29) is 11.9 Å². The number of methoxy groups -OCH3 is 2. The molecule has 0 aromatic heterocycles. The second-order valence-electron chi connectivity index (χ2n) is 8.17. The number of hydrogen-bond donors (Lipinski definition) is 1. The van der Waals surface area contributed by atoms with Gasteiger partial charge in [0, 0.05) is 44.0 Å². The predicted octanol–water partition coefficient (Wildman–Crippen LogP) is 3.34. The maximum Gasteiger partial charge on any atom is 0.219 e. The summed E-state index contributed by atoms with van der Waals surface area (Å²) in [5.74, 6) is 2.41. The van der Waals surface area contributed by atoms with Crippen LogP contribution in [0.3, 0.4) is 0 Å². The standard InChI is InChI=1S/C24H27N3O4/c1-16(28)26-12-10-24(11-13-26)27-20(18-6-4-5-7-21(18)31-24)15-19(25-27)17-8-9-22(29-2)23(14-17)30-3/h4-9,14-15,20,25H,10-13H2,1-3H3/t20-/m1/s1. The molecule has 2 aromatic rings. The Hall–Kier alpha value is -3.19. The monoisotopic (exact) mass is 421 g/mol. The first-order chi connectivity index (χ1) is 15.0. The zero-order valence-electron chi connectivity index (χ0n) is 18.1. The Bertz CT molecular complexity index is 1040. The Morgan fingerprint density at radius 2 is 1.84 bits per heavy atom. The van der Waals surface area contributed by atoms with Crippen molar-refractivity contribution < 1.29 is 19.0 Å². The lowest BCUT2D eigenvalue weighted by Gasteiger charge is -2.51. The van der Waals surface area contributed by atoms with Gasteiger partial charge in [-0.05, 0) is 30.3 Å². The second-order valence-corrected chi connectivity index (χ2v) is 8.17. The van der Waals surface area contributed by atoms with Crippen molar-refractivity contribution in [1.82, 2.24) is 15.3 Å². The van der Waals surface area contributed by atoms with Crippen molar-refractivity contribution in [3.8, 4) is 17.2 Å². The summed E-state index contributed by atoms with van der Waals surface area (Å²) >= 11 is 0. The van der Waals surface area contributed by atoms with Crippen molar-refractivity contribution in [3.63, 3.8) is 0 Å². The molecule has 2 aromatic carbocycles. The third-order valence-corrected chi connectivity index (χ3v) is 6.50. The lowest BCUT2D eigenvalue weighted by atomic mass is 9.93. The second kappa shape index (κ2) is 7.50. The molecule has 1 spiro atoms. The van der Waals surface area contributed by atoms with E-state index in [9.17, 15) is 4.79 Å². The highest BCUT2D eigenvalue weighted by atomic mass is 16.5. The molecule has 7 nitrogen and oxygen atoms in total. The maximum atomic E-state index is 11.9. The van der Waals surface area contributed by atoms with Crippen molar-refractivity contribution in [2.24, 2.45) is 0 Å². The molecular weight excluding hydrogens is 394 g/mol. The fraction of sp³-hybridized carbons (Fsp3) is 0.375. The summed E-state index contributed by atoms with van der Waals surface area (Å²) in [6, 6.07) is 14.2. The summed E-state index contributed by atoms with van der Waals surface area (Å²) in [5, 5.41) is 2.22. The number of piperidine rings is 1.